The molecule has 0 radical (unpaired) electrons. The van der Waals surface area contributed by atoms with Gasteiger partial charge in [-0.05, 0) is 36.8 Å². The van der Waals surface area contributed by atoms with E-state index in [-0.39, 0.29) is 11.8 Å². The Hall–Kier alpha value is -2.19. The van der Waals surface area contributed by atoms with Crippen LogP contribution in [0.1, 0.15) is 56.8 Å². The van der Waals surface area contributed by atoms with Gasteiger partial charge >= 0.3 is 0 Å². The topological polar surface area (TPSA) is 76.5 Å². The van der Waals surface area contributed by atoms with Crippen LogP contribution >= 0.6 is 11.3 Å². The van der Waals surface area contributed by atoms with Crippen molar-refractivity contribution in [3.63, 3.8) is 0 Å². The fourth-order valence-electron chi connectivity index (χ4n) is 3.90. The number of aromatic nitrogens is 2. The first kappa shape index (κ1) is 20.1. The Bertz CT molecular complexity index is 882. The second-order valence-electron chi connectivity index (χ2n) is 8.06. The van der Waals surface area contributed by atoms with E-state index in [2.05, 4.69) is 24.3 Å². The number of carbonyl (C=O) groups is 2. The molecule has 0 bridgehead atoms. The molecular formula is C21H28N4O3S. The maximum atomic E-state index is 12.9. The highest BCUT2D eigenvalue weighted by molar-refractivity contribution is 7.14. The number of nitrogens with zero attached hydrogens (tertiary/aromatic N) is 3. The lowest BCUT2D eigenvalue weighted by Gasteiger charge is -2.28. The monoisotopic (exact) mass is 416 g/mol. The molecule has 4 heterocycles. The van der Waals surface area contributed by atoms with Gasteiger partial charge in [0.15, 0.2) is 0 Å². The predicted octanol–water partition coefficient (Wildman–Crippen LogP) is 2.53. The van der Waals surface area contributed by atoms with Gasteiger partial charge in [-0.2, -0.15) is 5.10 Å². The number of hydrogen-bond acceptors (Lipinski definition) is 5. The van der Waals surface area contributed by atoms with Crippen LogP contribution < -0.4 is 5.32 Å². The number of fused-ring (bicyclic) bond motifs is 1. The van der Waals surface area contributed by atoms with Gasteiger partial charge in [-0.1, -0.05) is 13.8 Å². The van der Waals surface area contributed by atoms with Crippen LogP contribution in [-0.2, 0) is 17.7 Å². The van der Waals surface area contributed by atoms with Crippen LogP contribution in [0.4, 0.5) is 0 Å². The molecular weight excluding hydrogens is 388 g/mol. The number of rotatable bonds is 5. The molecule has 2 aliphatic rings. The second kappa shape index (κ2) is 8.67. The van der Waals surface area contributed by atoms with Gasteiger partial charge in [0.05, 0.1) is 35.5 Å². The molecule has 0 aliphatic carbocycles. The third kappa shape index (κ3) is 4.38. The SMILES string of the molecule is CC(C)c1ccc(C(=O)NCC2CCn3ncc(C(=O)N4CCOCC4)c3C2)s1. The average Bonchev–Trinajstić information content (AvgIpc) is 3.39. The molecule has 156 valence electrons. The first-order valence-electron chi connectivity index (χ1n) is 10.3. The van der Waals surface area contributed by atoms with E-state index in [1.807, 2.05) is 21.7 Å². The van der Waals surface area contributed by atoms with Gasteiger partial charge in [0, 0.05) is 31.1 Å². The highest BCUT2D eigenvalue weighted by Crippen LogP contribution is 2.26. The minimum atomic E-state index is -0.00871. The molecule has 2 aliphatic heterocycles. The van der Waals surface area contributed by atoms with Crippen LogP contribution in [0.15, 0.2) is 18.3 Å². The van der Waals surface area contributed by atoms with Crippen molar-refractivity contribution in [3.8, 4) is 0 Å². The zero-order valence-electron chi connectivity index (χ0n) is 17.0. The number of carbonyl (C=O) groups excluding carboxylic acids is 2. The largest absolute Gasteiger partial charge is 0.378 e. The summed E-state index contributed by atoms with van der Waals surface area (Å²) in [4.78, 5) is 29.2. The van der Waals surface area contributed by atoms with E-state index in [1.165, 1.54) is 4.88 Å². The Labute approximate surface area is 175 Å². The molecule has 0 spiro atoms. The molecule has 0 saturated carbocycles. The number of aryl methyl sites for hydroxylation is 1. The number of hydrogen-bond donors (Lipinski definition) is 1. The van der Waals surface area contributed by atoms with Gasteiger partial charge in [0.25, 0.3) is 11.8 Å². The molecule has 7 nitrogen and oxygen atoms in total. The van der Waals surface area contributed by atoms with E-state index in [1.54, 1.807) is 17.5 Å². The van der Waals surface area contributed by atoms with E-state index in [9.17, 15) is 9.59 Å². The Morgan fingerprint density at radius 3 is 2.79 bits per heavy atom. The first-order valence-corrected chi connectivity index (χ1v) is 11.1. The molecule has 0 aromatic carbocycles. The standard InChI is InChI=1S/C21H28N4O3S/c1-14(2)18-3-4-19(29-18)20(26)22-12-15-5-6-25-17(11-15)16(13-23-25)21(27)24-7-9-28-10-8-24/h3-4,13-15H,5-12H2,1-2H3,(H,22,26). The molecule has 1 atom stereocenters. The van der Waals surface area contributed by atoms with Gasteiger partial charge in [-0.25, -0.2) is 0 Å². The summed E-state index contributed by atoms with van der Waals surface area (Å²) >= 11 is 1.56. The minimum Gasteiger partial charge on any atom is -0.378 e. The van der Waals surface area contributed by atoms with Gasteiger partial charge < -0.3 is 15.0 Å². The van der Waals surface area contributed by atoms with Gasteiger partial charge in [-0.15, -0.1) is 11.3 Å². The van der Waals surface area contributed by atoms with Crippen LogP contribution in [0.2, 0.25) is 0 Å². The molecule has 8 heteroatoms. The van der Waals surface area contributed by atoms with E-state index >= 15 is 0 Å². The molecule has 2 aromatic heterocycles. The fraction of sp³-hybridized carbons (Fsp3) is 0.571. The lowest BCUT2D eigenvalue weighted by molar-refractivity contribution is 0.0301. The van der Waals surface area contributed by atoms with Crippen molar-refractivity contribution >= 4 is 23.2 Å². The van der Waals surface area contributed by atoms with Crippen LogP contribution in [0.3, 0.4) is 0 Å². The van der Waals surface area contributed by atoms with Gasteiger partial charge in [-0.3, -0.25) is 14.3 Å². The van der Waals surface area contributed by atoms with Crippen LogP contribution in [0.25, 0.3) is 0 Å². The number of morpholine rings is 1. The lowest BCUT2D eigenvalue weighted by atomic mass is 9.94. The van der Waals surface area contributed by atoms with Crippen molar-refractivity contribution in [2.75, 3.05) is 32.8 Å². The average molecular weight is 417 g/mol. The van der Waals surface area contributed by atoms with Crippen molar-refractivity contribution in [1.29, 1.82) is 0 Å². The first-order chi connectivity index (χ1) is 14.0. The minimum absolute atomic E-state index is 0.00871. The van der Waals surface area contributed by atoms with E-state index in [4.69, 9.17) is 4.74 Å². The zero-order valence-corrected chi connectivity index (χ0v) is 17.8. The van der Waals surface area contributed by atoms with E-state index in [0.29, 0.717) is 50.2 Å². The third-order valence-electron chi connectivity index (χ3n) is 5.68. The Balaban J connectivity index is 1.37. The normalized spacial score (nSPS) is 19.3. The number of thiophene rings is 1. The molecule has 2 amide bonds. The van der Waals surface area contributed by atoms with Crippen molar-refractivity contribution in [2.45, 2.75) is 39.2 Å². The summed E-state index contributed by atoms with van der Waals surface area (Å²) in [5, 5.41) is 7.51. The highest BCUT2D eigenvalue weighted by Gasteiger charge is 2.28. The third-order valence-corrected chi connectivity index (χ3v) is 7.06. The quantitative estimate of drug-likeness (QED) is 0.813. The summed E-state index contributed by atoms with van der Waals surface area (Å²) in [5.41, 5.74) is 1.69. The molecule has 1 unspecified atom stereocenters. The summed E-state index contributed by atoms with van der Waals surface area (Å²) < 4.78 is 7.29. The molecule has 1 fully saturated rings. The Kier molecular flexibility index (Phi) is 6.01. The van der Waals surface area contributed by atoms with Crippen molar-refractivity contribution in [2.24, 2.45) is 5.92 Å². The van der Waals surface area contributed by atoms with Crippen molar-refractivity contribution < 1.29 is 14.3 Å². The smallest absolute Gasteiger partial charge is 0.261 e. The van der Waals surface area contributed by atoms with E-state index < -0.39 is 0 Å². The molecule has 4 rings (SSSR count). The summed E-state index contributed by atoms with van der Waals surface area (Å²) in [6.07, 6.45) is 3.41. The van der Waals surface area contributed by atoms with Crippen LogP contribution in [0.5, 0.6) is 0 Å². The zero-order chi connectivity index (χ0) is 20.4. The van der Waals surface area contributed by atoms with Crippen LogP contribution in [0, 0.1) is 5.92 Å². The van der Waals surface area contributed by atoms with Crippen LogP contribution in [-0.4, -0.2) is 59.3 Å². The maximum Gasteiger partial charge on any atom is 0.261 e. The van der Waals surface area contributed by atoms with Crippen molar-refractivity contribution in [3.05, 3.63) is 39.3 Å². The maximum absolute atomic E-state index is 12.9. The predicted molar refractivity (Wildman–Crippen MR) is 112 cm³/mol. The second-order valence-corrected chi connectivity index (χ2v) is 9.17. The number of nitrogens with one attached hydrogen (secondary N) is 1. The molecule has 29 heavy (non-hydrogen) atoms. The highest BCUT2D eigenvalue weighted by atomic mass is 32.1. The summed E-state index contributed by atoms with van der Waals surface area (Å²) in [6, 6.07) is 3.94. The Morgan fingerprint density at radius 1 is 1.28 bits per heavy atom. The molecule has 1 saturated heterocycles. The summed E-state index contributed by atoms with van der Waals surface area (Å²) in [5.74, 6) is 0.774. The lowest BCUT2D eigenvalue weighted by Crippen LogP contribution is -2.41. The van der Waals surface area contributed by atoms with Gasteiger partial charge in [0.1, 0.15) is 0 Å². The van der Waals surface area contributed by atoms with Crippen molar-refractivity contribution in [1.82, 2.24) is 20.0 Å². The van der Waals surface area contributed by atoms with Gasteiger partial charge in [0.2, 0.25) is 0 Å². The molecule has 2 aromatic rings. The van der Waals surface area contributed by atoms with E-state index in [0.717, 1.165) is 30.0 Å². The summed E-state index contributed by atoms with van der Waals surface area (Å²) in [6.45, 7) is 8.09. The molecule has 1 N–H and O–H groups in total. The number of amides is 2. The summed E-state index contributed by atoms with van der Waals surface area (Å²) in [7, 11) is 0. The Morgan fingerprint density at radius 2 is 2.07 bits per heavy atom. The number of ether oxygens (including phenoxy) is 1. The fourth-order valence-corrected chi connectivity index (χ4v) is 4.82.